The van der Waals surface area contributed by atoms with Crippen molar-refractivity contribution in [1.29, 1.82) is 0 Å². The van der Waals surface area contributed by atoms with E-state index >= 15 is 0 Å². The van der Waals surface area contributed by atoms with Crippen LogP contribution in [0.4, 0.5) is 4.39 Å². The number of hydrogen-bond donors (Lipinski definition) is 0. The van der Waals surface area contributed by atoms with E-state index in [1.165, 1.54) is 19.1 Å². The maximum Gasteiger partial charge on any atom is 0.159 e. The molecular formula is C11H10BrFO. The van der Waals surface area contributed by atoms with Crippen molar-refractivity contribution in [3.8, 4) is 0 Å². The van der Waals surface area contributed by atoms with Crippen molar-refractivity contribution in [1.82, 2.24) is 0 Å². The van der Waals surface area contributed by atoms with Crippen LogP contribution >= 0.6 is 15.9 Å². The van der Waals surface area contributed by atoms with Gasteiger partial charge in [-0.15, -0.1) is 0 Å². The van der Waals surface area contributed by atoms with E-state index in [0.29, 0.717) is 16.5 Å². The molecule has 0 aromatic heterocycles. The van der Waals surface area contributed by atoms with Crippen molar-refractivity contribution in [3.05, 3.63) is 41.2 Å². The van der Waals surface area contributed by atoms with Gasteiger partial charge in [0.15, 0.2) is 5.78 Å². The number of carbonyl (C=O) groups is 1. The predicted octanol–water partition coefficient (Wildman–Crippen LogP) is 3.44. The fourth-order valence-corrected chi connectivity index (χ4v) is 1.25. The number of rotatable bonds is 3. The standard InChI is InChI=1S/C11H10BrFO/c1-8(14)9-4-5-11(13)10(7-9)3-2-6-12/h2-5,7H,6H2,1H3. The Balaban J connectivity index is 3.08. The third-order valence-corrected chi connectivity index (χ3v) is 2.16. The molecule has 0 aliphatic heterocycles. The van der Waals surface area contributed by atoms with Crippen LogP contribution in [0.1, 0.15) is 22.8 Å². The van der Waals surface area contributed by atoms with E-state index in [4.69, 9.17) is 0 Å². The van der Waals surface area contributed by atoms with E-state index in [9.17, 15) is 9.18 Å². The zero-order valence-corrected chi connectivity index (χ0v) is 9.34. The Morgan fingerprint density at radius 2 is 2.29 bits per heavy atom. The van der Waals surface area contributed by atoms with Gasteiger partial charge in [0.05, 0.1) is 0 Å². The largest absolute Gasteiger partial charge is 0.295 e. The number of Topliss-reactive ketones (excluding diaryl/α,β-unsaturated/α-hetero) is 1. The van der Waals surface area contributed by atoms with Crippen LogP contribution < -0.4 is 0 Å². The summed E-state index contributed by atoms with van der Waals surface area (Å²) in [6.45, 7) is 1.46. The minimum absolute atomic E-state index is 0.0570. The summed E-state index contributed by atoms with van der Waals surface area (Å²) in [6, 6.07) is 4.35. The molecule has 0 bridgehead atoms. The van der Waals surface area contributed by atoms with Crippen molar-refractivity contribution >= 4 is 27.8 Å². The number of carbonyl (C=O) groups excluding carboxylic acids is 1. The van der Waals surface area contributed by atoms with Crippen molar-refractivity contribution in [3.63, 3.8) is 0 Å². The number of alkyl halides is 1. The molecule has 0 aliphatic carbocycles. The number of ketones is 1. The van der Waals surface area contributed by atoms with Crippen LogP contribution in [0, 0.1) is 5.82 Å². The minimum atomic E-state index is -0.313. The second-order valence-corrected chi connectivity index (χ2v) is 3.50. The molecule has 74 valence electrons. The topological polar surface area (TPSA) is 17.1 Å². The van der Waals surface area contributed by atoms with Crippen LogP contribution in [-0.4, -0.2) is 11.1 Å². The maximum absolute atomic E-state index is 13.2. The van der Waals surface area contributed by atoms with E-state index < -0.39 is 0 Å². The van der Waals surface area contributed by atoms with Gasteiger partial charge in [0.2, 0.25) is 0 Å². The summed E-state index contributed by atoms with van der Waals surface area (Å²) < 4.78 is 13.2. The highest BCUT2D eigenvalue weighted by molar-refractivity contribution is 9.09. The van der Waals surface area contributed by atoms with Crippen LogP contribution in [0.15, 0.2) is 24.3 Å². The first-order valence-corrected chi connectivity index (χ1v) is 5.30. The highest BCUT2D eigenvalue weighted by atomic mass is 79.9. The lowest BCUT2D eigenvalue weighted by Crippen LogP contribution is -1.94. The number of allylic oxidation sites excluding steroid dienone is 1. The molecule has 0 N–H and O–H groups in total. The van der Waals surface area contributed by atoms with E-state index in [1.807, 2.05) is 0 Å². The van der Waals surface area contributed by atoms with Gasteiger partial charge in [-0.1, -0.05) is 28.1 Å². The smallest absolute Gasteiger partial charge is 0.159 e. The molecule has 0 heterocycles. The normalized spacial score (nSPS) is 10.8. The van der Waals surface area contributed by atoms with E-state index in [1.54, 1.807) is 18.2 Å². The van der Waals surface area contributed by atoms with Crippen LogP contribution in [-0.2, 0) is 0 Å². The molecule has 0 saturated carbocycles. The minimum Gasteiger partial charge on any atom is -0.295 e. The number of benzene rings is 1. The number of halogens is 2. The lowest BCUT2D eigenvalue weighted by Gasteiger charge is -1.99. The maximum atomic E-state index is 13.2. The molecule has 0 amide bonds. The number of hydrogen-bond acceptors (Lipinski definition) is 1. The summed E-state index contributed by atoms with van der Waals surface area (Å²) in [6.07, 6.45) is 3.43. The lowest BCUT2D eigenvalue weighted by molar-refractivity contribution is 0.101. The molecule has 1 nitrogen and oxygen atoms in total. The van der Waals surface area contributed by atoms with Crippen molar-refractivity contribution in [2.45, 2.75) is 6.92 Å². The molecule has 0 atom stereocenters. The Labute approximate surface area is 90.8 Å². The zero-order valence-electron chi connectivity index (χ0n) is 7.76. The van der Waals surface area contributed by atoms with Gasteiger partial charge in [-0.25, -0.2) is 4.39 Å². The first-order valence-electron chi connectivity index (χ1n) is 4.18. The van der Waals surface area contributed by atoms with Gasteiger partial charge in [-0.05, 0) is 25.1 Å². The zero-order chi connectivity index (χ0) is 10.6. The van der Waals surface area contributed by atoms with Crippen LogP contribution in [0.25, 0.3) is 6.08 Å². The molecule has 1 rings (SSSR count). The summed E-state index contributed by atoms with van der Waals surface area (Å²) in [5, 5.41) is 0.663. The van der Waals surface area contributed by atoms with Gasteiger partial charge in [0.1, 0.15) is 5.82 Å². The monoisotopic (exact) mass is 256 g/mol. The fraction of sp³-hybridized carbons (Fsp3) is 0.182. The first kappa shape index (κ1) is 11.1. The lowest BCUT2D eigenvalue weighted by atomic mass is 10.1. The Bertz CT molecular complexity index is 372. The van der Waals surface area contributed by atoms with E-state index in [-0.39, 0.29) is 11.6 Å². The molecule has 14 heavy (non-hydrogen) atoms. The highest BCUT2D eigenvalue weighted by Gasteiger charge is 2.03. The van der Waals surface area contributed by atoms with Gasteiger partial charge in [0.25, 0.3) is 0 Å². The summed E-state index contributed by atoms with van der Waals surface area (Å²) in [7, 11) is 0. The molecule has 3 heteroatoms. The molecule has 0 aliphatic rings. The van der Waals surface area contributed by atoms with Gasteiger partial charge in [0, 0.05) is 16.5 Å². The van der Waals surface area contributed by atoms with Crippen LogP contribution in [0.5, 0.6) is 0 Å². The Morgan fingerprint density at radius 1 is 1.57 bits per heavy atom. The molecular weight excluding hydrogens is 247 g/mol. The average Bonchev–Trinajstić information content (AvgIpc) is 2.16. The first-order chi connectivity index (χ1) is 6.65. The Kier molecular flexibility index (Phi) is 4.01. The predicted molar refractivity (Wildman–Crippen MR) is 59.2 cm³/mol. The molecule has 0 radical (unpaired) electrons. The second kappa shape index (κ2) is 5.05. The Morgan fingerprint density at radius 3 is 2.86 bits per heavy atom. The molecule has 1 aromatic carbocycles. The molecule has 0 fully saturated rings. The summed E-state index contributed by atoms with van der Waals surface area (Å²) >= 11 is 3.20. The van der Waals surface area contributed by atoms with Crippen molar-refractivity contribution < 1.29 is 9.18 Å². The molecule has 0 spiro atoms. The molecule has 0 saturated heterocycles. The van der Waals surface area contributed by atoms with E-state index in [0.717, 1.165) is 0 Å². The quantitative estimate of drug-likeness (QED) is 0.598. The summed E-state index contributed by atoms with van der Waals surface area (Å²) in [4.78, 5) is 11.0. The van der Waals surface area contributed by atoms with Gasteiger partial charge in [-0.2, -0.15) is 0 Å². The Hall–Kier alpha value is -0.960. The summed E-state index contributed by atoms with van der Waals surface area (Å²) in [5.74, 6) is -0.370. The molecule has 1 aromatic rings. The van der Waals surface area contributed by atoms with Crippen molar-refractivity contribution in [2.24, 2.45) is 0 Å². The summed E-state index contributed by atoms with van der Waals surface area (Å²) in [5.41, 5.74) is 0.970. The third kappa shape index (κ3) is 2.77. The van der Waals surface area contributed by atoms with Crippen LogP contribution in [0.2, 0.25) is 0 Å². The van der Waals surface area contributed by atoms with Crippen LogP contribution in [0.3, 0.4) is 0 Å². The van der Waals surface area contributed by atoms with Crippen molar-refractivity contribution in [2.75, 3.05) is 5.33 Å². The second-order valence-electron chi connectivity index (χ2n) is 2.85. The third-order valence-electron chi connectivity index (χ3n) is 1.79. The van der Waals surface area contributed by atoms with Gasteiger partial charge < -0.3 is 0 Å². The SMILES string of the molecule is CC(=O)c1ccc(F)c(C=CCBr)c1. The fourth-order valence-electron chi connectivity index (χ4n) is 1.06. The molecule has 0 unspecified atom stereocenters. The van der Waals surface area contributed by atoms with E-state index in [2.05, 4.69) is 15.9 Å². The van der Waals surface area contributed by atoms with Gasteiger partial charge >= 0.3 is 0 Å². The average molecular weight is 257 g/mol. The highest BCUT2D eigenvalue weighted by Crippen LogP contribution is 2.13. The van der Waals surface area contributed by atoms with Gasteiger partial charge in [-0.3, -0.25) is 4.79 Å².